The Hall–Kier alpha value is -2.35. The quantitative estimate of drug-likeness (QED) is 0.720. The molecule has 8 heteroatoms. The van der Waals surface area contributed by atoms with Crippen molar-refractivity contribution in [2.24, 2.45) is 0 Å². The van der Waals surface area contributed by atoms with Gasteiger partial charge in [-0.05, 0) is 31.9 Å². The van der Waals surface area contributed by atoms with Crippen molar-refractivity contribution in [3.05, 3.63) is 40.3 Å². The second-order valence-electron chi connectivity index (χ2n) is 6.22. The molecule has 1 aromatic heterocycles. The third kappa shape index (κ3) is 2.88. The molecule has 0 saturated heterocycles. The van der Waals surface area contributed by atoms with E-state index in [1.807, 2.05) is 0 Å². The maximum absolute atomic E-state index is 14.3. The van der Waals surface area contributed by atoms with E-state index in [2.05, 4.69) is 6.58 Å². The SMILES string of the molecule is C=C(OCC)c1c(S(C)(=O)=O)n(C2CC2)c2c(OC)c(F)ccc2c1=O. The number of hydrogen-bond donors (Lipinski definition) is 0. The van der Waals surface area contributed by atoms with E-state index >= 15 is 0 Å². The zero-order chi connectivity index (χ0) is 19.2. The highest BCUT2D eigenvalue weighted by molar-refractivity contribution is 7.90. The molecule has 0 spiro atoms. The number of sulfone groups is 1. The monoisotopic (exact) mass is 381 g/mol. The molecule has 1 fully saturated rings. The highest BCUT2D eigenvalue weighted by atomic mass is 32.2. The lowest BCUT2D eigenvalue weighted by Crippen LogP contribution is -2.24. The average molecular weight is 381 g/mol. The first kappa shape index (κ1) is 18.4. The van der Waals surface area contributed by atoms with Gasteiger partial charge in [-0.1, -0.05) is 6.58 Å². The van der Waals surface area contributed by atoms with Crippen LogP contribution in [0.1, 0.15) is 31.4 Å². The highest BCUT2D eigenvalue weighted by Gasteiger charge is 2.35. The molecule has 1 aliphatic rings. The van der Waals surface area contributed by atoms with Crippen molar-refractivity contribution < 1.29 is 22.3 Å². The summed E-state index contributed by atoms with van der Waals surface area (Å²) >= 11 is 0. The fourth-order valence-corrected chi connectivity index (χ4v) is 4.33. The van der Waals surface area contributed by atoms with Crippen LogP contribution >= 0.6 is 0 Å². The largest absolute Gasteiger partial charge is 0.494 e. The van der Waals surface area contributed by atoms with E-state index in [-0.39, 0.29) is 45.6 Å². The Kier molecular flexibility index (Phi) is 4.56. The summed E-state index contributed by atoms with van der Waals surface area (Å²) in [7, 11) is -2.56. The molecule has 0 atom stereocenters. The van der Waals surface area contributed by atoms with Crippen LogP contribution in [0.5, 0.6) is 5.75 Å². The molecule has 0 amide bonds. The van der Waals surface area contributed by atoms with Gasteiger partial charge in [-0.15, -0.1) is 0 Å². The van der Waals surface area contributed by atoms with Crippen LogP contribution in [-0.2, 0) is 14.6 Å². The molecule has 0 aliphatic heterocycles. The molecule has 0 radical (unpaired) electrons. The molecule has 1 saturated carbocycles. The van der Waals surface area contributed by atoms with Crippen molar-refractivity contribution in [1.82, 2.24) is 4.57 Å². The predicted octanol–water partition coefficient (Wildman–Crippen LogP) is 2.89. The lowest BCUT2D eigenvalue weighted by molar-refractivity contribution is 0.297. The van der Waals surface area contributed by atoms with Gasteiger partial charge < -0.3 is 14.0 Å². The van der Waals surface area contributed by atoms with Gasteiger partial charge in [0, 0.05) is 12.3 Å². The minimum Gasteiger partial charge on any atom is -0.494 e. The smallest absolute Gasteiger partial charge is 0.201 e. The third-order valence-corrected chi connectivity index (χ3v) is 5.40. The minimum absolute atomic E-state index is 0.0162. The first-order chi connectivity index (χ1) is 12.2. The molecule has 1 aromatic carbocycles. The van der Waals surface area contributed by atoms with Crippen LogP contribution in [0.2, 0.25) is 0 Å². The van der Waals surface area contributed by atoms with E-state index < -0.39 is 21.1 Å². The Morgan fingerprint density at radius 1 is 1.38 bits per heavy atom. The van der Waals surface area contributed by atoms with Gasteiger partial charge in [0.1, 0.15) is 5.76 Å². The van der Waals surface area contributed by atoms with Gasteiger partial charge in [0.05, 0.1) is 30.2 Å². The van der Waals surface area contributed by atoms with Crippen molar-refractivity contribution in [3.63, 3.8) is 0 Å². The Morgan fingerprint density at radius 3 is 2.54 bits per heavy atom. The summed E-state index contributed by atoms with van der Waals surface area (Å²) in [5, 5.41) is -0.0433. The van der Waals surface area contributed by atoms with E-state index in [1.54, 1.807) is 6.92 Å². The molecule has 1 heterocycles. The average Bonchev–Trinajstić information content (AvgIpc) is 3.38. The molecule has 6 nitrogen and oxygen atoms in total. The van der Waals surface area contributed by atoms with Crippen LogP contribution in [0.4, 0.5) is 4.39 Å². The summed E-state index contributed by atoms with van der Waals surface area (Å²) in [4.78, 5) is 13.1. The zero-order valence-corrected chi connectivity index (χ0v) is 15.7. The maximum Gasteiger partial charge on any atom is 0.201 e. The predicted molar refractivity (Wildman–Crippen MR) is 96.8 cm³/mol. The Labute approximate surface area is 150 Å². The van der Waals surface area contributed by atoms with Gasteiger partial charge >= 0.3 is 0 Å². The number of aromatic nitrogens is 1. The summed E-state index contributed by atoms with van der Waals surface area (Å²) in [5.41, 5.74) is -0.537. The third-order valence-electron chi connectivity index (χ3n) is 4.29. The van der Waals surface area contributed by atoms with E-state index in [9.17, 15) is 17.6 Å². The molecule has 3 rings (SSSR count). The Balaban J connectivity index is 2.61. The number of rotatable bonds is 6. The molecule has 2 aromatic rings. The number of hydrogen-bond acceptors (Lipinski definition) is 5. The first-order valence-electron chi connectivity index (χ1n) is 8.19. The maximum atomic E-state index is 14.3. The molecular weight excluding hydrogens is 361 g/mol. The molecule has 0 unspecified atom stereocenters. The van der Waals surface area contributed by atoms with Crippen LogP contribution < -0.4 is 10.2 Å². The number of methoxy groups -OCH3 is 1. The second-order valence-corrected chi connectivity index (χ2v) is 8.15. The van der Waals surface area contributed by atoms with Crippen molar-refractivity contribution in [2.45, 2.75) is 30.8 Å². The van der Waals surface area contributed by atoms with Crippen molar-refractivity contribution >= 4 is 26.5 Å². The van der Waals surface area contributed by atoms with Gasteiger partial charge in [0.15, 0.2) is 26.4 Å². The van der Waals surface area contributed by atoms with Crippen LogP contribution in [-0.4, -0.2) is 33.0 Å². The number of fused-ring (bicyclic) bond motifs is 1. The van der Waals surface area contributed by atoms with Crippen LogP contribution in [0, 0.1) is 5.82 Å². The lowest BCUT2D eigenvalue weighted by Gasteiger charge is -2.21. The molecule has 0 N–H and O–H groups in total. The van der Waals surface area contributed by atoms with E-state index in [4.69, 9.17) is 9.47 Å². The van der Waals surface area contributed by atoms with E-state index in [0.717, 1.165) is 25.2 Å². The summed E-state index contributed by atoms with van der Waals surface area (Å²) in [5.74, 6) is -0.827. The van der Waals surface area contributed by atoms with Crippen LogP contribution in [0.3, 0.4) is 0 Å². The number of halogens is 1. The van der Waals surface area contributed by atoms with E-state index in [0.29, 0.717) is 0 Å². The fraction of sp³-hybridized carbons (Fsp3) is 0.389. The minimum atomic E-state index is -3.84. The summed E-state index contributed by atoms with van der Waals surface area (Å²) in [6.07, 6.45) is 2.46. The molecular formula is C18H20FNO5S. The Bertz CT molecular complexity index is 1070. The van der Waals surface area contributed by atoms with Gasteiger partial charge in [-0.25, -0.2) is 12.8 Å². The molecule has 1 aliphatic carbocycles. The van der Waals surface area contributed by atoms with Crippen LogP contribution in [0.25, 0.3) is 16.7 Å². The van der Waals surface area contributed by atoms with Crippen molar-refractivity contribution in [1.29, 1.82) is 0 Å². The molecule has 140 valence electrons. The topological polar surface area (TPSA) is 74.6 Å². The number of pyridine rings is 1. The molecule has 26 heavy (non-hydrogen) atoms. The Morgan fingerprint density at radius 2 is 2.04 bits per heavy atom. The zero-order valence-electron chi connectivity index (χ0n) is 14.8. The normalized spacial score (nSPS) is 14.5. The highest BCUT2D eigenvalue weighted by Crippen LogP contribution is 2.43. The van der Waals surface area contributed by atoms with E-state index in [1.165, 1.54) is 17.7 Å². The summed E-state index contributed by atoms with van der Waals surface area (Å²) in [6, 6.07) is 2.31. The van der Waals surface area contributed by atoms with Gasteiger partial charge in [0.25, 0.3) is 0 Å². The molecule has 0 bridgehead atoms. The lowest BCUT2D eigenvalue weighted by atomic mass is 10.1. The van der Waals surface area contributed by atoms with Crippen LogP contribution in [0.15, 0.2) is 28.5 Å². The number of benzene rings is 1. The van der Waals surface area contributed by atoms with Crippen molar-refractivity contribution in [3.8, 4) is 5.75 Å². The second kappa shape index (κ2) is 6.42. The first-order valence-corrected chi connectivity index (χ1v) is 10.1. The summed E-state index contributed by atoms with van der Waals surface area (Å²) < 4.78 is 51.5. The van der Waals surface area contributed by atoms with Gasteiger partial charge in [0.2, 0.25) is 5.43 Å². The number of ether oxygens (including phenoxy) is 2. The van der Waals surface area contributed by atoms with Crippen molar-refractivity contribution in [2.75, 3.05) is 20.0 Å². The standard InChI is InChI=1S/C18H20FNO5S/c1-5-25-10(2)14-16(21)12-8-9-13(19)17(24-3)15(12)20(11-6-7-11)18(14)26(4,22)23/h8-9,11H,2,5-7H2,1,3-4H3. The van der Waals surface area contributed by atoms with Gasteiger partial charge in [-0.3, -0.25) is 4.79 Å². The summed E-state index contributed by atoms with van der Waals surface area (Å²) in [6.45, 7) is 5.68. The fourth-order valence-electron chi connectivity index (χ4n) is 3.15. The van der Waals surface area contributed by atoms with Gasteiger partial charge in [-0.2, -0.15) is 0 Å². The number of nitrogens with zero attached hydrogens (tertiary/aromatic N) is 1.